The standard InChI is InChI=1S/C12H25NO2/c1-4-7-14-9-12(13-5-2)11-6-8-15-10(11)3/h10-13H,4-9H2,1-3H3. The van der Waals surface area contributed by atoms with Crippen LogP contribution < -0.4 is 5.32 Å². The van der Waals surface area contributed by atoms with Crippen molar-refractivity contribution in [3.05, 3.63) is 0 Å². The molecule has 3 unspecified atom stereocenters. The quantitative estimate of drug-likeness (QED) is 0.657. The first-order valence-corrected chi connectivity index (χ1v) is 6.22. The number of hydrogen-bond acceptors (Lipinski definition) is 3. The van der Waals surface area contributed by atoms with E-state index in [2.05, 4.69) is 26.1 Å². The topological polar surface area (TPSA) is 30.5 Å². The van der Waals surface area contributed by atoms with Gasteiger partial charge in [-0.15, -0.1) is 0 Å². The van der Waals surface area contributed by atoms with Crippen LogP contribution in [0.1, 0.15) is 33.6 Å². The lowest BCUT2D eigenvalue weighted by Crippen LogP contribution is -2.42. The number of hydrogen-bond donors (Lipinski definition) is 1. The first-order valence-electron chi connectivity index (χ1n) is 6.22. The number of nitrogens with one attached hydrogen (secondary N) is 1. The maximum absolute atomic E-state index is 5.64. The lowest BCUT2D eigenvalue weighted by Gasteiger charge is -2.26. The van der Waals surface area contributed by atoms with Crippen molar-refractivity contribution in [3.63, 3.8) is 0 Å². The predicted molar refractivity (Wildman–Crippen MR) is 62.1 cm³/mol. The Kier molecular flexibility index (Phi) is 6.22. The van der Waals surface area contributed by atoms with Crippen LogP contribution in [0.5, 0.6) is 0 Å². The smallest absolute Gasteiger partial charge is 0.0623 e. The second kappa shape index (κ2) is 7.20. The molecular weight excluding hydrogens is 190 g/mol. The van der Waals surface area contributed by atoms with Crippen LogP contribution in [0.2, 0.25) is 0 Å². The number of ether oxygens (including phenoxy) is 2. The Balaban J connectivity index is 2.34. The van der Waals surface area contributed by atoms with E-state index < -0.39 is 0 Å². The normalized spacial score (nSPS) is 28.2. The van der Waals surface area contributed by atoms with Crippen LogP contribution in [0.25, 0.3) is 0 Å². The van der Waals surface area contributed by atoms with Crippen molar-refractivity contribution in [2.24, 2.45) is 5.92 Å². The van der Waals surface area contributed by atoms with E-state index in [1.165, 1.54) is 0 Å². The van der Waals surface area contributed by atoms with E-state index in [0.717, 1.165) is 39.2 Å². The molecule has 1 fully saturated rings. The van der Waals surface area contributed by atoms with E-state index in [0.29, 0.717) is 18.1 Å². The van der Waals surface area contributed by atoms with E-state index in [-0.39, 0.29) is 0 Å². The molecule has 1 rings (SSSR count). The van der Waals surface area contributed by atoms with Gasteiger partial charge in [-0.25, -0.2) is 0 Å². The molecule has 1 aliphatic rings. The first kappa shape index (κ1) is 12.9. The minimum absolute atomic E-state index is 0.374. The number of rotatable bonds is 7. The Labute approximate surface area is 93.5 Å². The van der Waals surface area contributed by atoms with Gasteiger partial charge in [0.2, 0.25) is 0 Å². The second-order valence-electron chi connectivity index (χ2n) is 4.27. The third-order valence-corrected chi connectivity index (χ3v) is 3.06. The Morgan fingerprint density at radius 2 is 2.27 bits per heavy atom. The molecule has 1 aliphatic heterocycles. The van der Waals surface area contributed by atoms with Crippen molar-refractivity contribution < 1.29 is 9.47 Å². The SMILES string of the molecule is CCCOCC(NCC)C1CCOC1C. The van der Waals surface area contributed by atoms with E-state index in [9.17, 15) is 0 Å². The van der Waals surface area contributed by atoms with Gasteiger partial charge in [-0.1, -0.05) is 13.8 Å². The maximum Gasteiger partial charge on any atom is 0.0623 e. The zero-order chi connectivity index (χ0) is 11.1. The van der Waals surface area contributed by atoms with Crippen LogP contribution in [0, 0.1) is 5.92 Å². The molecule has 0 aliphatic carbocycles. The average molecular weight is 215 g/mol. The van der Waals surface area contributed by atoms with Gasteiger partial charge in [-0.3, -0.25) is 0 Å². The van der Waals surface area contributed by atoms with Crippen LogP contribution in [0.15, 0.2) is 0 Å². The largest absolute Gasteiger partial charge is 0.380 e. The molecule has 1 N–H and O–H groups in total. The van der Waals surface area contributed by atoms with Gasteiger partial charge in [0.1, 0.15) is 0 Å². The third-order valence-electron chi connectivity index (χ3n) is 3.06. The Morgan fingerprint density at radius 3 is 2.80 bits per heavy atom. The average Bonchev–Trinajstić information content (AvgIpc) is 2.64. The highest BCUT2D eigenvalue weighted by Gasteiger charge is 2.31. The Bertz CT molecular complexity index is 164. The predicted octanol–water partition coefficient (Wildman–Crippen LogP) is 1.82. The van der Waals surface area contributed by atoms with Crippen LogP contribution in [0.3, 0.4) is 0 Å². The fraction of sp³-hybridized carbons (Fsp3) is 1.00. The van der Waals surface area contributed by atoms with Crippen LogP contribution in [-0.4, -0.2) is 38.5 Å². The summed E-state index contributed by atoms with van der Waals surface area (Å²) in [6, 6.07) is 0.457. The summed E-state index contributed by atoms with van der Waals surface area (Å²) >= 11 is 0. The molecule has 15 heavy (non-hydrogen) atoms. The van der Waals surface area contributed by atoms with Gasteiger partial charge in [0.15, 0.2) is 0 Å². The summed E-state index contributed by atoms with van der Waals surface area (Å²) in [7, 11) is 0. The first-order chi connectivity index (χ1) is 7.29. The summed E-state index contributed by atoms with van der Waals surface area (Å²) in [6.07, 6.45) is 2.63. The fourth-order valence-corrected chi connectivity index (χ4v) is 2.23. The van der Waals surface area contributed by atoms with E-state index in [1.54, 1.807) is 0 Å². The molecule has 3 atom stereocenters. The van der Waals surface area contributed by atoms with Crippen molar-refractivity contribution in [2.75, 3.05) is 26.4 Å². The highest BCUT2D eigenvalue weighted by Crippen LogP contribution is 2.24. The van der Waals surface area contributed by atoms with Crippen molar-refractivity contribution in [1.29, 1.82) is 0 Å². The van der Waals surface area contributed by atoms with Gasteiger partial charge in [0.05, 0.1) is 12.7 Å². The lowest BCUT2D eigenvalue weighted by atomic mass is 9.94. The molecular formula is C12H25NO2. The molecule has 0 radical (unpaired) electrons. The van der Waals surface area contributed by atoms with Crippen molar-refractivity contribution >= 4 is 0 Å². The third kappa shape index (κ3) is 4.09. The van der Waals surface area contributed by atoms with Crippen molar-refractivity contribution in [2.45, 2.75) is 45.8 Å². The van der Waals surface area contributed by atoms with Crippen molar-refractivity contribution in [3.8, 4) is 0 Å². The summed E-state index contributed by atoms with van der Waals surface area (Å²) in [5, 5.41) is 3.51. The van der Waals surface area contributed by atoms with Gasteiger partial charge in [-0.2, -0.15) is 0 Å². The monoisotopic (exact) mass is 215 g/mol. The summed E-state index contributed by atoms with van der Waals surface area (Å²) in [5.74, 6) is 0.613. The molecule has 0 aromatic heterocycles. The van der Waals surface area contributed by atoms with Crippen LogP contribution in [0.4, 0.5) is 0 Å². The Hall–Kier alpha value is -0.120. The zero-order valence-corrected chi connectivity index (χ0v) is 10.3. The Morgan fingerprint density at radius 1 is 1.47 bits per heavy atom. The molecule has 3 heteroatoms. The van der Waals surface area contributed by atoms with E-state index in [1.807, 2.05) is 0 Å². The second-order valence-corrected chi connectivity index (χ2v) is 4.27. The summed E-state index contributed by atoms with van der Waals surface area (Å²) < 4.78 is 11.2. The molecule has 0 amide bonds. The minimum Gasteiger partial charge on any atom is -0.380 e. The molecule has 0 aromatic carbocycles. The summed E-state index contributed by atoms with van der Waals surface area (Å²) in [6.45, 7) is 10.0. The van der Waals surface area contributed by atoms with Gasteiger partial charge in [0.25, 0.3) is 0 Å². The minimum atomic E-state index is 0.374. The zero-order valence-electron chi connectivity index (χ0n) is 10.3. The molecule has 0 bridgehead atoms. The van der Waals surface area contributed by atoms with Gasteiger partial charge < -0.3 is 14.8 Å². The summed E-state index contributed by atoms with van der Waals surface area (Å²) in [4.78, 5) is 0. The molecule has 0 spiro atoms. The highest BCUT2D eigenvalue weighted by atomic mass is 16.5. The molecule has 1 saturated heterocycles. The highest BCUT2D eigenvalue weighted by molar-refractivity contribution is 4.84. The van der Waals surface area contributed by atoms with E-state index in [4.69, 9.17) is 9.47 Å². The molecule has 0 aromatic rings. The van der Waals surface area contributed by atoms with Crippen LogP contribution >= 0.6 is 0 Å². The maximum atomic E-state index is 5.64. The van der Waals surface area contributed by atoms with Gasteiger partial charge >= 0.3 is 0 Å². The molecule has 3 nitrogen and oxygen atoms in total. The van der Waals surface area contributed by atoms with Gasteiger partial charge in [-0.05, 0) is 26.3 Å². The lowest BCUT2D eigenvalue weighted by molar-refractivity contribution is 0.0595. The van der Waals surface area contributed by atoms with Gasteiger partial charge in [0, 0.05) is 25.2 Å². The molecule has 1 heterocycles. The molecule has 90 valence electrons. The number of likely N-dealkylation sites (N-methyl/N-ethyl adjacent to an activating group) is 1. The van der Waals surface area contributed by atoms with E-state index >= 15 is 0 Å². The van der Waals surface area contributed by atoms with Crippen LogP contribution in [-0.2, 0) is 9.47 Å². The molecule has 0 saturated carbocycles. The van der Waals surface area contributed by atoms with Crippen molar-refractivity contribution in [1.82, 2.24) is 5.32 Å². The summed E-state index contributed by atoms with van der Waals surface area (Å²) in [5.41, 5.74) is 0. The fourth-order valence-electron chi connectivity index (χ4n) is 2.23.